The first-order chi connectivity index (χ1) is 7.24. The van der Waals surface area contributed by atoms with Crippen molar-refractivity contribution in [3.8, 4) is 0 Å². The zero-order valence-corrected chi connectivity index (χ0v) is 9.86. The molecule has 0 spiro atoms. The van der Waals surface area contributed by atoms with E-state index in [1.54, 1.807) is 6.20 Å². The van der Waals surface area contributed by atoms with E-state index in [-0.39, 0.29) is 11.7 Å². The van der Waals surface area contributed by atoms with E-state index < -0.39 is 0 Å². The topological polar surface area (TPSA) is 34.9 Å². The number of carbonyl (C=O) groups is 1. The lowest BCUT2D eigenvalue weighted by atomic mass is 9.96. The van der Waals surface area contributed by atoms with Crippen molar-refractivity contribution in [1.29, 1.82) is 0 Å². The fraction of sp³-hybridized carbons (Fsp3) is 0.667. The first-order valence-corrected chi connectivity index (χ1v) is 5.80. The fourth-order valence-electron chi connectivity index (χ4n) is 1.80. The van der Waals surface area contributed by atoms with Crippen molar-refractivity contribution in [3.63, 3.8) is 0 Å². The summed E-state index contributed by atoms with van der Waals surface area (Å²) in [5.74, 6) is 0.392. The van der Waals surface area contributed by atoms with E-state index in [2.05, 4.69) is 25.9 Å². The number of nitrogens with zero attached hydrogens (tertiary/aromatic N) is 2. The maximum atomic E-state index is 12.1. The van der Waals surface area contributed by atoms with Crippen LogP contribution in [0.5, 0.6) is 0 Å². The minimum atomic E-state index is 0.150. The quantitative estimate of drug-likeness (QED) is 0.674. The molecule has 15 heavy (non-hydrogen) atoms. The number of ketones is 1. The van der Waals surface area contributed by atoms with Gasteiger partial charge in [0.15, 0.2) is 5.78 Å². The van der Waals surface area contributed by atoms with Crippen LogP contribution in [-0.4, -0.2) is 15.6 Å². The highest BCUT2D eigenvalue weighted by molar-refractivity contribution is 5.96. The monoisotopic (exact) mass is 208 g/mol. The maximum absolute atomic E-state index is 12.1. The molecule has 0 amide bonds. The second-order valence-electron chi connectivity index (χ2n) is 3.82. The Morgan fingerprint density at radius 2 is 2.07 bits per heavy atom. The Labute approximate surface area is 91.5 Å². The first-order valence-electron chi connectivity index (χ1n) is 5.80. The highest BCUT2D eigenvalue weighted by Crippen LogP contribution is 2.15. The standard InChI is InChI=1S/C12H20N2O/c1-4-9-14-11(7-8-13-14)12(15)10(5-2)6-3/h7-8,10H,4-6,9H2,1-3H3. The van der Waals surface area contributed by atoms with Crippen LogP contribution in [0.4, 0.5) is 0 Å². The molecule has 0 radical (unpaired) electrons. The van der Waals surface area contributed by atoms with Gasteiger partial charge in [0, 0.05) is 18.7 Å². The number of rotatable bonds is 6. The van der Waals surface area contributed by atoms with E-state index in [1.165, 1.54) is 0 Å². The first kappa shape index (κ1) is 12.0. The molecule has 3 nitrogen and oxygen atoms in total. The van der Waals surface area contributed by atoms with E-state index in [1.807, 2.05) is 10.7 Å². The van der Waals surface area contributed by atoms with Gasteiger partial charge in [-0.25, -0.2) is 0 Å². The largest absolute Gasteiger partial charge is 0.292 e. The van der Waals surface area contributed by atoms with E-state index >= 15 is 0 Å². The van der Waals surface area contributed by atoms with Crippen LogP contribution in [-0.2, 0) is 6.54 Å². The molecule has 0 unspecified atom stereocenters. The van der Waals surface area contributed by atoms with E-state index in [0.717, 1.165) is 31.5 Å². The van der Waals surface area contributed by atoms with E-state index in [0.29, 0.717) is 0 Å². The molecule has 0 N–H and O–H groups in total. The Bertz CT molecular complexity index is 313. The van der Waals surface area contributed by atoms with Crippen molar-refractivity contribution in [2.75, 3.05) is 0 Å². The zero-order valence-electron chi connectivity index (χ0n) is 9.86. The molecule has 0 fully saturated rings. The van der Waals surface area contributed by atoms with Crippen LogP contribution in [0.25, 0.3) is 0 Å². The van der Waals surface area contributed by atoms with Gasteiger partial charge in [-0.05, 0) is 25.3 Å². The second-order valence-corrected chi connectivity index (χ2v) is 3.82. The summed E-state index contributed by atoms with van der Waals surface area (Å²) in [5, 5.41) is 4.17. The molecular weight excluding hydrogens is 188 g/mol. The third-order valence-corrected chi connectivity index (χ3v) is 2.76. The molecule has 1 aromatic heterocycles. The third-order valence-electron chi connectivity index (χ3n) is 2.76. The molecule has 0 saturated carbocycles. The van der Waals surface area contributed by atoms with Gasteiger partial charge in [-0.15, -0.1) is 0 Å². The molecule has 0 aliphatic heterocycles. The number of aromatic nitrogens is 2. The lowest BCUT2D eigenvalue weighted by Crippen LogP contribution is -2.18. The molecule has 0 atom stereocenters. The van der Waals surface area contributed by atoms with Crippen molar-refractivity contribution in [2.45, 2.75) is 46.6 Å². The molecule has 0 aliphatic rings. The van der Waals surface area contributed by atoms with Gasteiger partial charge in [-0.2, -0.15) is 5.10 Å². The van der Waals surface area contributed by atoms with Crippen LogP contribution in [0.15, 0.2) is 12.3 Å². The number of aryl methyl sites for hydroxylation is 1. The predicted octanol–water partition coefficient (Wildman–Crippen LogP) is 2.91. The normalized spacial score (nSPS) is 10.9. The zero-order chi connectivity index (χ0) is 11.3. The Morgan fingerprint density at radius 1 is 1.40 bits per heavy atom. The minimum absolute atomic E-state index is 0.150. The fourth-order valence-corrected chi connectivity index (χ4v) is 1.80. The number of hydrogen-bond donors (Lipinski definition) is 0. The summed E-state index contributed by atoms with van der Waals surface area (Å²) in [7, 11) is 0. The van der Waals surface area contributed by atoms with Crippen molar-refractivity contribution >= 4 is 5.78 Å². The SMILES string of the molecule is CCCn1nccc1C(=O)C(CC)CC. The Kier molecular flexibility index (Phi) is 4.53. The van der Waals surface area contributed by atoms with Gasteiger partial charge < -0.3 is 0 Å². The van der Waals surface area contributed by atoms with Crippen molar-refractivity contribution < 1.29 is 4.79 Å². The molecule has 1 rings (SSSR count). The highest BCUT2D eigenvalue weighted by Gasteiger charge is 2.19. The van der Waals surface area contributed by atoms with Crippen LogP contribution >= 0.6 is 0 Å². The summed E-state index contributed by atoms with van der Waals surface area (Å²) >= 11 is 0. The van der Waals surface area contributed by atoms with Crippen molar-refractivity contribution in [2.24, 2.45) is 5.92 Å². The molecule has 0 aliphatic carbocycles. The second kappa shape index (κ2) is 5.69. The Balaban J connectivity index is 2.84. The van der Waals surface area contributed by atoms with Crippen LogP contribution < -0.4 is 0 Å². The van der Waals surface area contributed by atoms with Crippen LogP contribution in [0.2, 0.25) is 0 Å². The lowest BCUT2D eigenvalue weighted by molar-refractivity contribution is 0.0902. The summed E-state index contributed by atoms with van der Waals surface area (Å²) in [6, 6.07) is 1.83. The van der Waals surface area contributed by atoms with Gasteiger partial charge in [0.1, 0.15) is 5.69 Å². The van der Waals surface area contributed by atoms with Crippen LogP contribution in [0.1, 0.15) is 50.5 Å². The average molecular weight is 208 g/mol. The minimum Gasteiger partial charge on any atom is -0.292 e. The lowest BCUT2D eigenvalue weighted by Gasteiger charge is -2.12. The summed E-state index contributed by atoms with van der Waals surface area (Å²) in [6.07, 6.45) is 4.54. The van der Waals surface area contributed by atoms with Gasteiger partial charge in [-0.1, -0.05) is 20.8 Å². The van der Waals surface area contributed by atoms with Gasteiger partial charge in [0.05, 0.1) is 0 Å². The Hall–Kier alpha value is -1.12. The van der Waals surface area contributed by atoms with Gasteiger partial charge in [0.25, 0.3) is 0 Å². The molecule has 1 aromatic rings. The van der Waals surface area contributed by atoms with Crippen LogP contribution in [0.3, 0.4) is 0 Å². The van der Waals surface area contributed by atoms with E-state index in [9.17, 15) is 4.79 Å². The summed E-state index contributed by atoms with van der Waals surface area (Å²) < 4.78 is 1.82. The van der Waals surface area contributed by atoms with Crippen molar-refractivity contribution in [1.82, 2.24) is 9.78 Å². The molecular formula is C12H20N2O. The highest BCUT2D eigenvalue weighted by atomic mass is 16.1. The van der Waals surface area contributed by atoms with E-state index in [4.69, 9.17) is 0 Å². The number of hydrogen-bond acceptors (Lipinski definition) is 2. The molecule has 0 saturated heterocycles. The number of carbonyl (C=O) groups excluding carboxylic acids is 1. The van der Waals surface area contributed by atoms with Gasteiger partial charge in [-0.3, -0.25) is 9.48 Å². The Morgan fingerprint density at radius 3 is 2.60 bits per heavy atom. The summed E-state index contributed by atoms with van der Waals surface area (Å²) in [6.45, 7) is 7.04. The molecule has 3 heteroatoms. The summed E-state index contributed by atoms with van der Waals surface area (Å²) in [5.41, 5.74) is 0.769. The van der Waals surface area contributed by atoms with Gasteiger partial charge >= 0.3 is 0 Å². The third kappa shape index (κ3) is 2.67. The molecule has 0 aromatic carbocycles. The number of Topliss-reactive ketones (excluding diaryl/α,β-unsaturated/α-hetero) is 1. The predicted molar refractivity (Wildman–Crippen MR) is 60.9 cm³/mol. The molecule has 0 bridgehead atoms. The molecule has 84 valence electrons. The average Bonchev–Trinajstić information content (AvgIpc) is 2.68. The van der Waals surface area contributed by atoms with Crippen LogP contribution in [0, 0.1) is 5.92 Å². The maximum Gasteiger partial charge on any atom is 0.183 e. The summed E-state index contributed by atoms with van der Waals surface area (Å²) in [4.78, 5) is 12.1. The van der Waals surface area contributed by atoms with Gasteiger partial charge in [0.2, 0.25) is 0 Å². The molecule has 1 heterocycles. The van der Waals surface area contributed by atoms with Crippen molar-refractivity contribution in [3.05, 3.63) is 18.0 Å². The smallest absolute Gasteiger partial charge is 0.183 e.